The lowest BCUT2D eigenvalue weighted by molar-refractivity contribution is -0.141. The van der Waals surface area contributed by atoms with Crippen molar-refractivity contribution in [3.8, 4) is 0 Å². The number of hydrogen-bond donors (Lipinski definition) is 2. The van der Waals surface area contributed by atoms with Crippen LogP contribution in [0.25, 0.3) is 11.0 Å². The average molecular weight is 337 g/mol. The number of carboxylic acid groups (broad SMARTS) is 1. The Bertz CT molecular complexity index is 695. The summed E-state index contributed by atoms with van der Waals surface area (Å²) in [5.41, 5.74) is 1.27. The van der Waals surface area contributed by atoms with Crippen molar-refractivity contribution in [3.63, 3.8) is 0 Å². The van der Waals surface area contributed by atoms with Gasteiger partial charge in [0.15, 0.2) is 5.78 Å². The zero-order chi connectivity index (χ0) is 14.3. The number of nitrogens with zero attached hydrogens (tertiary/aromatic N) is 1. The number of halogens is 1. The molecular weight excluding hydrogens is 324 g/mol. The molecule has 2 aromatic heterocycles. The van der Waals surface area contributed by atoms with Gasteiger partial charge >= 0.3 is 5.97 Å². The molecule has 1 fully saturated rings. The van der Waals surface area contributed by atoms with Crippen LogP contribution in [0.5, 0.6) is 0 Å². The zero-order valence-corrected chi connectivity index (χ0v) is 12.2. The Labute approximate surface area is 123 Å². The number of hydrogen-bond acceptors (Lipinski definition) is 3. The van der Waals surface area contributed by atoms with Gasteiger partial charge in [0.1, 0.15) is 5.65 Å². The second-order valence-electron chi connectivity index (χ2n) is 5.16. The van der Waals surface area contributed by atoms with Crippen LogP contribution in [-0.4, -0.2) is 26.8 Å². The second kappa shape index (κ2) is 5.01. The average Bonchev–Trinajstić information content (AvgIpc) is 3.04. The first-order valence-corrected chi connectivity index (χ1v) is 7.25. The molecule has 0 radical (unpaired) electrons. The zero-order valence-electron chi connectivity index (χ0n) is 10.6. The largest absolute Gasteiger partial charge is 0.481 e. The van der Waals surface area contributed by atoms with Crippen LogP contribution < -0.4 is 0 Å². The summed E-state index contributed by atoms with van der Waals surface area (Å²) < 4.78 is 0.813. The molecule has 104 valence electrons. The number of rotatable bonds is 3. The summed E-state index contributed by atoms with van der Waals surface area (Å²) in [7, 11) is 0. The van der Waals surface area contributed by atoms with Crippen LogP contribution in [0.1, 0.15) is 29.6 Å². The fourth-order valence-electron chi connectivity index (χ4n) is 2.85. The van der Waals surface area contributed by atoms with Gasteiger partial charge in [-0.3, -0.25) is 9.59 Å². The standard InChI is InChI=1S/C14H13BrN2O3/c15-9-4-10-11(6-17-13(10)16-5-9)12(18)7-1-2-8(3-7)14(19)20/h4-8H,1-3H2,(H,16,17)(H,19,20). The number of fused-ring (bicyclic) bond motifs is 1. The predicted octanol–water partition coefficient (Wildman–Crippen LogP) is 3.01. The molecule has 0 bridgehead atoms. The minimum atomic E-state index is -0.802. The Morgan fingerprint density at radius 3 is 2.80 bits per heavy atom. The third kappa shape index (κ3) is 2.24. The lowest BCUT2D eigenvalue weighted by atomic mass is 9.95. The third-order valence-electron chi connectivity index (χ3n) is 3.92. The van der Waals surface area contributed by atoms with Gasteiger partial charge in [-0.05, 0) is 41.3 Å². The van der Waals surface area contributed by atoms with Gasteiger partial charge in [0.2, 0.25) is 0 Å². The number of aromatic amines is 1. The summed E-state index contributed by atoms with van der Waals surface area (Å²) in [6.45, 7) is 0. The smallest absolute Gasteiger partial charge is 0.306 e. The predicted molar refractivity (Wildman–Crippen MR) is 76.6 cm³/mol. The molecule has 2 unspecified atom stereocenters. The van der Waals surface area contributed by atoms with Crippen LogP contribution in [0, 0.1) is 11.8 Å². The number of aromatic nitrogens is 2. The van der Waals surface area contributed by atoms with E-state index in [-0.39, 0.29) is 17.6 Å². The van der Waals surface area contributed by atoms with Gasteiger partial charge in [0.25, 0.3) is 0 Å². The van der Waals surface area contributed by atoms with Crippen molar-refractivity contribution in [1.82, 2.24) is 9.97 Å². The normalized spacial score (nSPS) is 22.2. The number of nitrogens with one attached hydrogen (secondary N) is 1. The number of H-pyrrole nitrogens is 1. The molecule has 0 spiro atoms. The summed E-state index contributed by atoms with van der Waals surface area (Å²) in [4.78, 5) is 30.7. The van der Waals surface area contributed by atoms with E-state index in [1.807, 2.05) is 6.07 Å². The van der Waals surface area contributed by atoms with Gasteiger partial charge in [0.05, 0.1) is 5.92 Å². The summed E-state index contributed by atoms with van der Waals surface area (Å²) in [6.07, 6.45) is 4.99. The Kier molecular flexibility index (Phi) is 3.33. The van der Waals surface area contributed by atoms with Gasteiger partial charge < -0.3 is 10.1 Å². The maximum atomic E-state index is 12.5. The van der Waals surface area contributed by atoms with E-state index in [0.29, 0.717) is 30.5 Å². The first kappa shape index (κ1) is 13.3. The van der Waals surface area contributed by atoms with E-state index in [0.717, 1.165) is 9.86 Å². The highest BCUT2D eigenvalue weighted by molar-refractivity contribution is 9.10. The van der Waals surface area contributed by atoms with Crippen LogP contribution in [0.15, 0.2) is 22.9 Å². The van der Waals surface area contributed by atoms with Crippen molar-refractivity contribution >= 4 is 38.7 Å². The minimum Gasteiger partial charge on any atom is -0.481 e. The van der Waals surface area contributed by atoms with E-state index in [1.165, 1.54) is 0 Å². The van der Waals surface area contributed by atoms with Crippen LogP contribution in [0.2, 0.25) is 0 Å². The molecule has 3 rings (SSSR count). The monoisotopic (exact) mass is 336 g/mol. The van der Waals surface area contributed by atoms with E-state index in [9.17, 15) is 9.59 Å². The summed E-state index contributed by atoms with van der Waals surface area (Å²) >= 11 is 3.35. The first-order valence-electron chi connectivity index (χ1n) is 6.46. The fourth-order valence-corrected chi connectivity index (χ4v) is 3.18. The molecule has 2 aromatic rings. The van der Waals surface area contributed by atoms with E-state index in [2.05, 4.69) is 25.9 Å². The van der Waals surface area contributed by atoms with Crippen molar-refractivity contribution in [2.75, 3.05) is 0 Å². The maximum absolute atomic E-state index is 12.5. The molecule has 0 amide bonds. The van der Waals surface area contributed by atoms with Gasteiger partial charge in [-0.1, -0.05) is 0 Å². The fraction of sp³-hybridized carbons (Fsp3) is 0.357. The van der Waals surface area contributed by atoms with Crippen LogP contribution in [0.4, 0.5) is 0 Å². The first-order chi connectivity index (χ1) is 9.56. The van der Waals surface area contributed by atoms with Crippen molar-refractivity contribution in [2.24, 2.45) is 11.8 Å². The highest BCUT2D eigenvalue weighted by Crippen LogP contribution is 2.34. The molecule has 20 heavy (non-hydrogen) atoms. The molecule has 2 heterocycles. The lowest BCUT2D eigenvalue weighted by Crippen LogP contribution is -2.14. The van der Waals surface area contributed by atoms with Crippen molar-refractivity contribution in [1.29, 1.82) is 0 Å². The number of carbonyl (C=O) groups excluding carboxylic acids is 1. The van der Waals surface area contributed by atoms with Crippen LogP contribution in [0.3, 0.4) is 0 Å². The van der Waals surface area contributed by atoms with E-state index < -0.39 is 5.97 Å². The molecular formula is C14H13BrN2O3. The van der Waals surface area contributed by atoms with Crippen LogP contribution >= 0.6 is 15.9 Å². The molecule has 0 saturated heterocycles. The Morgan fingerprint density at radius 2 is 2.10 bits per heavy atom. The number of Topliss-reactive ketones (excluding diaryl/α,β-unsaturated/α-hetero) is 1. The van der Waals surface area contributed by atoms with E-state index in [1.54, 1.807) is 12.4 Å². The van der Waals surface area contributed by atoms with E-state index >= 15 is 0 Å². The number of carboxylic acids is 1. The number of aliphatic carboxylic acids is 1. The Morgan fingerprint density at radius 1 is 1.35 bits per heavy atom. The van der Waals surface area contributed by atoms with Gasteiger partial charge in [0, 0.05) is 33.7 Å². The quantitative estimate of drug-likeness (QED) is 0.844. The Balaban J connectivity index is 1.90. The van der Waals surface area contributed by atoms with Gasteiger partial charge in [-0.2, -0.15) is 0 Å². The van der Waals surface area contributed by atoms with Crippen molar-refractivity contribution in [3.05, 3.63) is 28.5 Å². The van der Waals surface area contributed by atoms with E-state index in [4.69, 9.17) is 5.11 Å². The molecule has 2 N–H and O–H groups in total. The molecule has 2 atom stereocenters. The number of ketones is 1. The summed E-state index contributed by atoms with van der Waals surface area (Å²) in [6, 6.07) is 1.86. The Hall–Kier alpha value is -1.69. The molecule has 1 aliphatic rings. The second-order valence-corrected chi connectivity index (χ2v) is 6.08. The molecule has 0 aliphatic heterocycles. The molecule has 1 aliphatic carbocycles. The van der Waals surface area contributed by atoms with Gasteiger partial charge in [-0.15, -0.1) is 0 Å². The molecule has 5 nitrogen and oxygen atoms in total. The minimum absolute atomic E-state index is 0.0138. The molecule has 0 aromatic carbocycles. The van der Waals surface area contributed by atoms with Crippen molar-refractivity contribution in [2.45, 2.75) is 19.3 Å². The SMILES string of the molecule is O=C(O)C1CCC(C(=O)c2c[nH]c3ncc(Br)cc23)C1. The topological polar surface area (TPSA) is 83.0 Å². The number of carbonyl (C=O) groups is 2. The van der Waals surface area contributed by atoms with Gasteiger partial charge in [-0.25, -0.2) is 4.98 Å². The van der Waals surface area contributed by atoms with Crippen molar-refractivity contribution < 1.29 is 14.7 Å². The van der Waals surface area contributed by atoms with Crippen LogP contribution in [-0.2, 0) is 4.79 Å². The number of pyridine rings is 1. The summed E-state index contributed by atoms with van der Waals surface area (Å²) in [5.74, 6) is -1.38. The highest BCUT2D eigenvalue weighted by Gasteiger charge is 2.34. The summed E-state index contributed by atoms with van der Waals surface area (Å²) in [5, 5.41) is 9.80. The molecule has 1 saturated carbocycles. The third-order valence-corrected chi connectivity index (χ3v) is 4.35. The maximum Gasteiger partial charge on any atom is 0.306 e. The highest BCUT2D eigenvalue weighted by atomic mass is 79.9. The molecule has 6 heteroatoms. The lowest BCUT2D eigenvalue weighted by Gasteiger charge is -2.07.